The molecule has 3 N–H and O–H groups in total. The highest BCUT2D eigenvalue weighted by Gasteiger charge is 2.21. The Balaban J connectivity index is 0.000000114. The van der Waals surface area contributed by atoms with Crippen LogP contribution in [0.3, 0.4) is 0 Å². The topological polar surface area (TPSA) is 201 Å². The van der Waals surface area contributed by atoms with E-state index in [4.69, 9.17) is 40.7 Å². The van der Waals surface area contributed by atoms with Crippen LogP contribution >= 0.6 is 67.1 Å². The number of hydrogen-bond donors (Lipinski definition) is 3. The number of methoxy groups -OCH3 is 2. The number of phenolic OH excluding ortho intramolecular Hbond substituents is 1. The quantitative estimate of drug-likeness (QED) is 0.0775. The van der Waals surface area contributed by atoms with Crippen LogP contribution in [0.25, 0.3) is 192 Å². The number of para-hydroxylation sites is 6. The van der Waals surface area contributed by atoms with Gasteiger partial charge in [0.1, 0.15) is 45.5 Å². The number of nitrogens with one attached hydrogen (secondary N) is 1. The van der Waals surface area contributed by atoms with E-state index >= 15 is 0 Å². The van der Waals surface area contributed by atoms with Crippen molar-refractivity contribution in [1.29, 1.82) is 0 Å². The second-order valence-electron chi connectivity index (χ2n) is 32.1. The third-order valence-corrected chi connectivity index (χ3v) is 25.9. The van der Waals surface area contributed by atoms with Gasteiger partial charge >= 0.3 is 0 Å². The standard InChI is InChI=1S/C36H22N4O.C20H14N2O.C19H12N2O.C17H11BrN2.C15H13NO.C5H3ClIN.C2H4O2.2CH4.BrH/c1-3-10-30-23(8-1)20-33-28-17-14-24(21-29(28)36-32(39(30)33)12-7-19-38-36)41-25-15-16-27-26-9-2-4-11-31(26)40(34(27)22-25)35-13-5-6-18-37-35;1-23-14-8-9-15-16(12-14)20-18(7-4-10-21-20)22-17-6-3-2-5-13(17)11-19(15)22;22-13-7-8-14-15(11-13)19-17(6-3-9-20-19)21-16-5-2-1-4-12(16)10-18(14)21;18-12-8-9-14-13-5-1-2-6-15(13)20(16(14)11-12)17-7-3-4-10-19-17;1-17-13-8-6-11(7-9-13)15-10-12-4-2-3-5-14(12)16-15;6-5-4(7)2-1-3-8-5;1-2(3)4;;;/h1-22H;2-12H,1H3;1-11,22H;1-11H;2-10,16H,1H3;1-3H;1H3,(H,3,4);2*1H4;1H. The van der Waals surface area contributed by atoms with Gasteiger partial charge in [0.2, 0.25) is 0 Å². The maximum Gasteiger partial charge on any atom is 0.300 e. The van der Waals surface area contributed by atoms with Crippen LogP contribution < -0.4 is 14.2 Å². The van der Waals surface area contributed by atoms with Crippen LogP contribution in [0.5, 0.6) is 28.7 Å². The molecular formula is C116H88Br2ClIN12O6. The fourth-order valence-electron chi connectivity index (χ4n) is 18.1. The summed E-state index contributed by atoms with van der Waals surface area (Å²) in [5.74, 6) is 4.52. The summed E-state index contributed by atoms with van der Waals surface area (Å²) in [6.45, 7) is 1.08. The van der Waals surface area contributed by atoms with E-state index in [1.165, 1.54) is 87.3 Å². The zero-order chi connectivity index (χ0) is 91.7. The molecule has 676 valence electrons. The number of rotatable bonds is 7. The number of pyridine rings is 9. The summed E-state index contributed by atoms with van der Waals surface area (Å²) in [6, 6.07) is 126. The molecule has 15 heterocycles. The molecule has 0 saturated carbocycles. The zero-order valence-electron chi connectivity index (χ0n) is 73.2. The Morgan fingerprint density at radius 3 is 1.16 bits per heavy atom. The number of phenols is 1. The molecule has 0 bridgehead atoms. The average Bonchev–Trinajstić information content (AvgIpc) is 1.55. The number of fused-ring (bicyclic) bond motifs is 31. The molecule has 0 saturated heterocycles. The van der Waals surface area contributed by atoms with Crippen LogP contribution in [0.2, 0.25) is 5.15 Å². The van der Waals surface area contributed by atoms with Gasteiger partial charge in [-0.3, -0.25) is 28.9 Å². The Morgan fingerprint density at radius 2 is 0.703 bits per heavy atom. The van der Waals surface area contributed by atoms with Crippen LogP contribution in [0, 0.1) is 3.57 Å². The van der Waals surface area contributed by atoms with Crippen molar-refractivity contribution in [1.82, 2.24) is 57.2 Å². The Bertz CT molecular complexity index is 9170. The summed E-state index contributed by atoms with van der Waals surface area (Å²) in [6.07, 6.45) is 10.8. The number of benzene rings is 12. The Morgan fingerprint density at radius 1 is 0.341 bits per heavy atom. The van der Waals surface area contributed by atoms with Crippen LogP contribution in [0.1, 0.15) is 21.8 Å². The second kappa shape index (κ2) is 40.2. The molecule has 22 heteroatoms. The molecular weight excluding hydrogens is 1980 g/mol. The van der Waals surface area contributed by atoms with E-state index in [9.17, 15) is 5.11 Å². The molecule has 12 aromatic carbocycles. The highest BCUT2D eigenvalue weighted by Crippen LogP contribution is 2.42. The first-order chi connectivity index (χ1) is 66.3. The number of aromatic hydroxyl groups is 1. The predicted molar refractivity (Wildman–Crippen MR) is 586 cm³/mol. The highest BCUT2D eigenvalue weighted by atomic mass is 127. The molecule has 0 spiro atoms. The van der Waals surface area contributed by atoms with E-state index in [0.717, 1.165) is 143 Å². The number of carbonyl (C=O) groups is 1. The number of H-pyrrole nitrogens is 1. The van der Waals surface area contributed by atoms with E-state index in [1.54, 1.807) is 38.7 Å². The number of hydrogen-bond acceptors (Lipinski definition) is 11. The first-order valence-electron chi connectivity index (χ1n) is 43.5. The first kappa shape index (κ1) is 92.4. The molecule has 0 unspecified atom stereocenters. The summed E-state index contributed by atoms with van der Waals surface area (Å²) < 4.78 is 30.4. The number of aromatic amines is 1. The van der Waals surface area contributed by atoms with Crippen LogP contribution in [-0.2, 0) is 4.79 Å². The Kier molecular flexibility index (Phi) is 26.9. The molecule has 18 nitrogen and oxygen atoms in total. The fraction of sp³-hybridized carbons (Fsp3) is 0.0431. The van der Waals surface area contributed by atoms with Gasteiger partial charge < -0.3 is 42.6 Å². The van der Waals surface area contributed by atoms with Gasteiger partial charge in [0, 0.05) is 141 Å². The summed E-state index contributed by atoms with van der Waals surface area (Å²) in [7, 11) is 3.37. The molecule has 0 atom stereocenters. The maximum absolute atomic E-state index is 9.87. The molecule has 0 aliphatic heterocycles. The van der Waals surface area contributed by atoms with Gasteiger partial charge in [0.25, 0.3) is 5.97 Å². The van der Waals surface area contributed by atoms with E-state index < -0.39 is 5.97 Å². The van der Waals surface area contributed by atoms with Crippen molar-refractivity contribution in [3.63, 3.8) is 0 Å². The fourth-order valence-corrected chi connectivity index (χ4v) is 19.0. The van der Waals surface area contributed by atoms with Gasteiger partial charge in [0.15, 0.2) is 0 Å². The zero-order valence-corrected chi connectivity index (χ0v) is 79.4. The number of nitrogens with zero attached hydrogens (tertiary/aromatic N) is 11. The lowest BCUT2D eigenvalue weighted by Gasteiger charge is -2.12. The first-order valence-corrected chi connectivity index (χ1v) is 45.8. The molecule has 0 aliphatic carbocycles. The van der Waals surface area contributed by atoms with E-state index in [2.05, 4.69) is 333 Å². The van der Waals surface area contributed by atoms with Crippen molar-refractivity contribution < 1.29 is 29.2 Å². The Labute approximate surface area is 829 Å². The number of halogens is 4. The lowest BCUT2D eigenvalue weighted by Crippen LogP contribution is -1.96. The third kappa shape index (κ3) is 17.8. The van der Waals surface area contributed by atoms with Gasteiger partial charge in [-0.15, -0.1) is 17.0 Å². The minimum Gasteiger partial charge on any atom is -0.508 e. The number of aliphatic carboxylic acids is 1. The summed E-state index contributed by atoms with van der Waals surface area (Å²) in [5.41, 5.74) is 21.1. The second-order valence-corrected chi connectivity index (χ2v) is 34.5. The molecule has 27 aromatic rings. The summed E-state index contributed by atoms with van der Waals surface area (Å²) >= 11 is 11.3. The van der Waals surface area contributed by atoms with Crippen molar-refractivity contribution in [3.8, 4) is 51.6 Å². The van der Waals surface area contributed by atoms with Crippen molar-refractivity contribution in [2.24, 2.45) is 0 Å². The Hall–Kier alpha value is -16.1. The van der Waals surface area contributed by atoms with E-state index in [-0.39, 0.29) is 37.6 Å². The van der Waals surface area contributed by atoms with Crippen LogP contribution in [-0.4, -0.2) is 87.6 Å². The minimum atomic E-state index is -0.833. The van der Waals surface area contributed by atoms with Gasteiger partial charge in [-0.05, 0) is 265 Å². The molecule has 0 amide bonds. The average molecular weight is 2070 g/mol. The smallest absolute Gasteiger partial charge is 0.300 e. The van der Waals surface area contributed by atoms with Crippen molar-refractivity contribution >= 4 is 242 Å². The van der Waals surface area contributed by atoms with Gasteiger partial charge in [-0.2, -0.15) is 0 Å². The van der Waals surface area contributed by atoms with Crippen molar-refractivity contribution in [2.75, 3.05) is 14.2 Å². The number of aromatic nitrogens is 12. The lowest BCUT2D eigenvalue weighted by molar-refractivity contribution is -0.134. The third-order valence-electron chi connectivity index (χ3n) is 23.9. The molecule has 15 aromatic heterocycles. The lowest BCUT2D eigenvalue weighted by atomic mass is 10.1. The molecule has 0 aliphatic rings. The van der Waals surface area contributed by atoms with Crippen molar-refractivity contribution in [2.45, 2.75) is 21.8 Å². The van der Waals surface area contributed by atoms with Gasteiger partial charge in [0.05, 0.1) is 106 Å². The van der Waals surface area contributed by atoms with Crippen molar-refractivity contribution in [3.05, 3.63) is 420 Å². The van der Waals surface area contributed by atoms with Gasteiger partial charge in [-0.25, -0.2) is 15.0 Å². The summed E-state index contributed by atoms with van der Waals surface area (Å²) in [5, 5.41) is 34.2. The predicted octanol–water partition coefficient (Wildman–Crippen LogP) is 31.4. The number of carboxylic acids is 1. The maximum atomic E-state index is 9.87. The SMILES string of the molecule is Br.Brc1ccc2c3ccccc3n(-c3ccccn3)c2c1.C.C.CC(=O)O.COc1ccc(-c2cc3ccccc3[nH]2)cc1.COc1ccc2c(c1)c1ncccc1n1c3ccccc3cc21.Clc1ncccc1I.Oc1ccc2c(c1)c1ncccc1n1c3ccccc3cc21.c1ccc(-n2c3ccccc3c3ccc(Oc4ccc5c(c4)c4ncccc4n4c6ccccc6cc54)cc32)nc1. The largest absolute Gasteiger partial charge is 0.508 e. The van der Waals surface area contributed by atoms with Crippen LogP contribution in [0.15, 0.2) is 412 Å². The van der Waals surface area contributed by atoms with E-state index in [1.807, 2.05) is 140 Å². The number of carboxylic acid groups (broad SMARTS) is 1. The molecule has 27 rings (SSSR count). The highest BCUT2D eigenvalue weighted by molar-refractivity contribution is 14.1. The number of ether oxygens (including phenoxy) is 3. The minimum absolute atomic E-state index is 0. The monoisotopic (exact) mass is 2060 g/mol. The van der Waals surface area contributed by atoms with Crippen LogP contribution in [0.4, 0.5) is 0 Å². The van der Waals surface area contributed by atoms with Gasteiger partial charge in [-0.1, -0.05) is 170 Å². The summed E-state index contributed by atoms with van der Waals surface area (Å²) in [4.78, 5) is 39.4. The molecule has 0 radical (unpaired) electrons. The normalized spacial score (nSPS) is 11.0. The van der Waals surface area contributed by atoms with E-state index in [0.29, 0.717) is 5.15 Å². The molecule has 138 heavy (non-hydrogen) atoms. The molecule has 0 fully saturated rings.